The second-order valence-electron chi connectivity index (χ2n) is 4.76. The second-order valence-corrected chi connectivity index (χ2v) is 4.76. The normalized spacial score (nSPS) is 27.4. The number of para-hydroxylation sites is 1. The van der Waals surface area contributed by atoms with Crippen LogP contribution in [0.25, 0.3) is 0 Å². The summed E-state index contributed by atoms with van der Waals surface area (Å²) >= 11 is 0. The zero-order valence-corrected chi connectivity index (χ0v) is 10.6. The monoisotopic (exact) mass is 267 g/mol. The lowest BCUT2D eigenvalue weighted by Gasteiger charge is -2.19. The van der Waals surface area contributed by atoms with E-state index in [1.165, 1.54) is 0 Å². The van der Waals surface area contributed by atoms with Crippen molar-refractivity contribution in [2.75, 3.05) is 5.32 Å². The molecule has 1 aliphatic carbocycles. The molecule has 5 heteroatoms. The quantitative estimate of drug-likeness (QED) is 0.810. The summed E-state index contributed by atoms with van der Waals surface area (Å²) in [5.41, 5.74) is 0.608. The van der Waals surface area contributed by atoms with E-state index in [4.69, 9.17) is 4.74 Å². The number of benzene rings is 1. The molecule has 19 heavy (non-hydrogen) atoms. The zero-order chi connectivity index (χ0) is 13.7. The summed E-state index contributed by atoms with van der Waals surface area (Å²) in [6, 6.07) is 8.86. The van der Waals surface area contributed by atoms with Crippen molar-refractivity contribution >= 4 is 11.8 Å². The first-order chi connectivity index (χ1) is 9.15. The predicted octanol–water partition coefficient (Wildman–Crippen LogP) is 2.88. The number of hydrogen-bond donors (Lipinski definition) is 2. The molecule has 0 unspecified atom stereocenters. The molecule has 0 aliphatic heterocycles. The first-order valence-corrected chi connectivity index (χ1v) is 6.50. The van der Waals surface area contributed by atoms with E-state index in [9.17, 15) is 14.3 Å². The fourth-order valence-corrected chi connectivity index (χ4v) is 2.16. The van der Waals surface area contributed by atoms with Crippen molar-refractivity contribution in [3.8, 4) is 0 Å². The van der Waals surface area contributed by atoms with Crippen LogP contribution < -0.4 is 5.32 Å². The van der Waals surface area contributed by atoms with Crippen molar-refractivity contribution in [2.45, 2.75) is 44.1 Å². The molecule has 2 N–H and O–H groups in total. The van der Waals surface area contributed by atoms with Crippen LogP contribution in [0.1, 0.15) is 25.7 Å². The molecule has 1 aromatic carbocycles. The Morgan fingerprint density at radius 3 is 2.63 bits per heavy atom. The molecule has 2 rings (SSSR count). The van der Waals surface area contributed by atoms with Crippen molar-refractivity contribution in [2.24, 2.45) is 0 Å². The molecule has 0 heterocycles. The highest BCUT2D eigenvalue weighted by atomic mass is 19.1. The van der Waals surface area contributed by atoms with Crippen LogP contribution in [0.3, 0.4) is 0 Å². The van der Waals surface area contributed by atoms with Crippen molar-refractivity contribution in [3.63, 3.8) is 0 Å². The number of aliphatic hydroxyl groups is 1. The van der Waals surface area contributed by atoms with Crippen LogP contribution in [0.2, 0.25) is 0 Å². The van der Waals surface area contributed by atoms with E-state index in [1.807, 2.05) is 6.07 Å². The van der Waals surface area contributed by atoms with Gasteiger partial charge in [-0.25, -0.2) is 9.18 Å². The average molecular weight is 267 g/mol. The smallest absolute Gasteiger partial charge is 0.411 e. The number of aliphatic hydroxyl groups excluding tert-OH is 1. The van der Waals surface area contributed by atoms with E-state index < -0.39 is 24.5 Å². The molecular formula is C14H18FNO3. The van der Waals surface area contributed by atoms with Gasteiger partial charge < -0.3 is 9.84 Å². The van der Waals surface area contributed by atoms with E-state index in [-0.39, 0.29) is 6.42 Å². The van der Waals surface area contributed by atoms with Crippen LogP contribution in [0, 0.1) is 0 Å². The molecule has 1 aromatic rings. The van der Waals surface area contributed by atoms with Gasteiger partial charge >= 0.3 is 6.09 Å². The van der Waals surface area contributed by atoms with Crippen LogP contribution in [0.15, 0.2) is 30.3 Å². The predicted molar refractivity (Wildman–Crippen MR) is 69.7 cm³/mol. The molecule has 0 saturated heterocycles. The van der Waals surface area contributed by atoms with Gasteiger partial charge in [-0.1, -0.05) is 18.2 Å². The molecule has 0 spiro atoms. The van der Waals surface area contributed by atoms with E-state index in [0.29, 0.717) is 24.9 Å². The van der Waals surface area contributed by atoms with Gasteiger partial charge in [-0.2, -0.15) is 0 Å². The Hall–Kier alpha value is -1.62. The van der Waals surface area contributed by atoms with Gasteiger partial charge in [-0.15, -0.1) is 0 Å². The summed E-state index contributed by atoms with van der Waals surface area (Å²) in [5, 5.41) is 12.0. The van der Waals surface area contributed by atoms with Crippen LogP contribution in [0.4, 0.5) is 14.9 Å². The van der Waals surface area contributed by atoms with Gasteiger partial charge in [0.2, 0.25) is 0 Å². The number of anilines is 1. The van der Waals surface area contributed by atoms with Gasteiger partial charge in [-0.05, 0) is 37.8 Å². The number of carbonyl (C=O) groups is 1. The third kappa shape index (κ3) is 4.21. The highest BCUT2D eigenvalue weighted by Crippen LogP contribution is 2.23. The van der Waals surface area contributed by atoms with E-state index >= 15 is 0 Å². The largest absolute Gasteiger partial charge is 0.443 e. The van der Waals surface area contributed by atoms with Gasteiger partial charge in [0.15, 0.2) is 0 Å². The van der Waals surface area contributed by atoms with Crippen molar-refractivity contribution in [1.29, 1.82) is 0 Å². The topological polar surface area (TPSA) is 58.6 Å². The summed E-state index contributed by atoms with van der Waals surface area (Å²) < 4.78 is 18.9. The van der Waals surface area contributed by atoms with Crippen LogP contribution in [0.5, 0.6) is 0 Å². The Bertz CT molecular complexity index is 412. The van der Waals surface area contributed by atoms with Gasteiger partial charge in [0, 0.05) is 5.69 Å². The number of nitrogens with one attached hydrogen (secondary N) is 1. The van der Waals surface area contributed by atoms with E-state index in [1.54, 1.807) is 24.3 Å². The third-order valence-corrected chi connectivity index (χ3v) is 3.24. The van der Waals surface area contributed by atoms with E-state index in [2.05, 4.69) is 5.32 Å². The Morgan fingerprint density at radius 2 is 1.89 bits per heavy atom. The number of amides is 1. The fraction of sp³-hybridized carbons (Fsp3) is 0.500. The Kier molecular flexibility index (Phi) is 4.74. The highest BCUT2D eigenvalue weighted by Gasteiger charge is 2.29. The molecule has 1 saturated carbocycles. The molecule has 0 bridgehead atoms. The SMILES string of the molecule is O=C(Nc1ccccc1)O[C@H]1CC[C@@H](O)CC[C@@H]1F. The van der Waals surface area contributed by atoms with Crippen LogP contribution >= 0.6 is 0 Å². The Balaban J connectivity index is 1.87. The molecule has 1 amide bonds. The van der Waals surface area contributed by atoms with Gasteiger partial charge in [0.25, 0.3) is 0 Å². The molecular weight excluding hydrogens is 249 g/mol. The third-order valence-electron chi connectivity index (χ3n) is 3.24. The molecule has 104 valence electrons. The molecule has 0 radical (unpaired) electrons. The van der Waals surface area contributed by atoms with E-state index in [0.717, 1.165) is 0 Å². The second kappa shape index (κ2) is 6.52. The molecule has 3 atom stereocenters. The molecule has 0 aromatic heterocycles. The standard InChI is InChI=1S/C14H18FNO3/c15-12-8-6-11(17)7-9-13(12)19-14(18)16-10-4-2-1-3-5-10/h1-5,11-13,17H,6-9H2,(H,16,18)/t11-,12-,13-/m0/s1. The lowest BCUT2D eigenvalue weighted by Crippen LogP contribution is -2.29. The summed E-state index contributed by atoms with van der Waals surface area (Å²) in [6.45, 7) is 0. The summed E-state index contributed by atoms with van der Waals surface area (Å²) in [4.78, 5) is 11.7. The lowest BCUT2D eigenvalue weighted by atomic mass is 10.1. The minimum Gasteiger partial charge on any atom is -0.443 e. The first-order valence-electron chi connectivity index (χ1n) is 6.50. The number of rotatable bonds is 2. The average Bonchev–Trinajstić information content (AvgIpc) is 2.55. The highest BCUT2D eigenvalue weighted by molar-refractivity contribution is 5.84. The lowest BCUT2D eigenvalue weighted by molar-refractivity contribution is 0.0481. The number of alkyl halides is 1. The van der Waals surface area contributed by atoms with Gasteiger partial charge in [0.1, 0.15) is 12.3 Å². The maximum atomic E-state index is 13.8. The molecule has 4 nitrogen and oxygen atoms in total. The number of hydrogen-bond acceptors (Lipinski definition) is 3. The van der Waals surface area contributed by atoms with Crippen LogP contribution in [-0.2, 0) is 4.74 Å². The van der Waals surface area contributed by atoms with Gasteiger partial charge in [-0.3, -0.25) is 5.32 Å². The Morgan fingerprint density at radius 1 is 1.21 bits per heavy atom. The number of halogens is 1. The summed E-state index contributed by atoms with van der Waals surface area (Å²) in [6.07, 6.45) is -1.68. The maximum Gasteiger partial charge on any atom is 0.411 e. The molecule has 1 aliphatic rings. The van der Waals surface area contributed by atoms with Crippen molar-refractivity contribution in [1.82, 2.24) is 0 Å². The van der Waals surface area contributed by atoms with Gasteiger partial charge in [0.05, 0.1) is 6.10 Å². The summed E-state index contributed by atoms with van der Waals surface area (Å²) in [7, 11) is 0. The van der Waals surface area contributed by atoms with Crippen molar-refractivity contribution < 1.29 is 19.0 Å². The maximum absolute atomic E-state index is 13.8. The number of carbonyl (C=O) groups excluding carboxylic acids is 1. The van der Waals surface area contributed by atoms with Crippen LogP contribution in [-0.4, -0.2) is 29.6 Å². The first kappa shape index (κ1) is 13.8. The number of ether oxygens (including phenoxy) is 1. The molecule has 1 fully saturated rings. The van der Waals surface area contributed by atoms with Crippen molar-refractivity contribution in [3.05, 3.63) is 30.3 Å². The zero-order valence-electron chi connectivity index (χ0n) is 10.6. The Labute approximate surface area is 111 Å². The summed E-state index contributed by atoms with van der Waals surface area (Å²) in [5.74, 6) is 0. The minimum absolute atomic E-state index is 0.227. The fourth-order valence-electron chi connectivity index (χ4n) is 2.16. The minimum atomic E-state index is -1.21.